The molecule has 0 saturated carbocycles. The fraction of sp³-hybridized carbons (Fsp3) is 0. The summed E-state index contributed by atoms with van der Waals surface area (Å²) in [7, 11) is 0. The van der Waals surface area contributed by atoms with E-state index in [4.69, 9.17) is 27.6 Å². The maximum Gasteiger partial charge on any atom is 0.232 e. The molecule has 0 spiro atoms. The highest BCUT2D eigenvalue weighted by Gasteiger charge is 2.02. The van der Waals surface area contributed by atoms with Crippen LogP contribution in [0.2, 0.25) is 10.5 Å². The second kappa shape index (κ2) is 2.36. The molecule has 0 aliphatic heterocycles. The van der Waals surface area contributed by atoms with Gasteiger partial charge in [-0.3, -0.25) is 0 Å². The van der Waals surface area contributed by atoms with Gasteiger partial charge in [-0.1, -0.05) is 0 Å². The molecule has 0 N–H and O–H groups in total. The van der Waals surface area contributed by atoms with Crippen molar-refractivity contribution >= 4 is 34.3 Å². The van der Waals surface area contributed by atoms with Crippen LogP contribution in [0.25, 0.3) is 11.1 Å². The molecule has 0 radical (unpaired) electrons. The Bertz CT molecular complexity index is 398. The van der Waals surface area contributed by atoms with Crippen LogP contribution in [0.5, 0.6) is 0 Å². The van der Waals surface area contributed by atoms with Crippen molar-refractivity contribution in [3.63, 3.8) is 0 Å². The minimum atomic E-state index is 0.156. The van der Waals surface area contributed by atoms with Crippen molar-refractivity contribution in [3.05, 3.63) is 22.8 Å². The zero-order valence-electron chi connectivity index (χ0n) is 5.21. The Morgan fingerprint density at radius 1 is 1.36 bits per heavy atom. The maximum atomic E-state index is 5.56. The van der Waals surface area contributed by atoms with E-state index in [9.17, 15) is 0 Å². The summed E-state index contributed by atoms with van der Waals surface area (Å²) in [6.45, 7) is 0. The lowest BCUT2D eigenvalue weighted by Crippen LogP contribution is -1.78. The molecule has 0 unspecified atom stereocenters. The number of hydrogen-bond acceptors (Lipinski definition) is 3. The Morgan fingerprint density at radius 3 is 3.00 bits per heavy atom. The second-order valence-corrected chi connectivity index (χ2v) is 2.66. The molecule has 0 aliphatic rings. The molecule has 2 aromatic heterocycles. The van der Waals surface area contributed by atoms with Gasteiger partial charge in [0.2, 0.25) is 11.0 Å². The standard InChI is InChI=1S/C6H2Cl2N2O/c7-4-1-3-2-9-6(8)10-5(3)11-4/h1-2H. The molecule has 2 heterocycles. The third kappa shape index (κ3) is 1.17. The molecule has 56 valence electrons. The number of nitrogens with zero attached hydrogens (tertiary/aromatic N) is 2. The molecule has 2 rings (SSSR count). The van der Waals surface area contributed by atoms with E-state index in [2.05, 4.69) is 9.97 Å². The summed E-state index contributed by atoms with van der Waals surface area (Å²) in [5, 5.41) is 1.19. The van der Waals surface area contributed by atoms with E-state index in [1.807, 2.05) is 0 Å². The molecule has 0 aromatic carbocycles. The molecule has 0 fully saturated rings. The van der Waals surface area contributed by atoms with Crippen molar-refractivity contribution in [2.45, 2.75) is 0 Å². The summed E-state index contributed by atoms with van der Waals surface area (Å²) in [4.78, 5) is 7.56. The lowest BCUT2D eigenvalue weighted by Gasteiger charge is -1.85. The fourth-order valence-corrected chi connectivity index (χ4v) is 1.10. The summed E-state index contributed by atoms with van der Waals surface area (Å²) >= 11 is 11.1. The van der Waals surface area contributed by atoms with Gasteiger partial charge < -0.3 is 4.42 Å². The van der Waals surface area contributed by atoms with Crippen molar-refractivity contribution in [2.75, 3.05) is 0 Å². The first kappa shape index (κ1) is 6.88. The van der Waals surface area contributed by atoms with E-state index in [1.165, 1.54) is 0 Å². The van der Waals surface area contributed by atoms with Crippen molar-refractivity contribution < 1.29 is 4.42 Å². The molecule has 11 heavy (non-hydrogen) atoms. The van der Waals surface area contributed by atoms with Gasteiger partial charge in [0.05, 0.1) is 5.39 Å². The van der Waals surface area contributed by atoms with Gasteiger partial charge in [-0.15, -0.1) is 0 Å². The number of halogens is 2. The summed E-state index contributed by atoms with van der Waals surface area (Å²) < 4.78 is 4.98. The number of furan rings is 1. The van der Waals surface area contributed by atoms with Crippen LogP contribution in [0.1, 0.15) is 0 Å². The van der Waals surface area contributed by atoms with E-state index < -0.39 is 0 Å². The van der Waals surface area contributed by atoms with Crippen molar-refractivity contribution in [2.24, 2.45) is 0 Å². The second-order valence-electron chi connectivity index (χ2n) is 1.95. The minimum Gasteiger partial charge on any atom is -0.426 e. The van der Waals surface area contributed by atoms with Crippen LogP contribution in [-0.4, -0.2) is 9.97 Å². The SMILES string of the molecule is Clc1ncc2cc(Cl)oc2n1. The van der Waals surface area contributed by atoms with Gasteiger partial charge in [-0.25, -0.2) is 4.98 Å². The Balaban J connectivity index is 2.82. The van der Waals surface area contributed by atoms with Gasteiger partial charge >= 0.3 is 0 Å². The molecule has 0 aliphatic carbocycles. The van der Waals surface area contributed by atoms with Crippen LogP contribution in [0, 0.1) is 0 Å². The normalized spacial score (nSPS) is 10.7. The monoisotopic (exact) mass is 188 g/mol. The highest BCUT2D eigenvalue weighted by atomic mass is 35.5. The van der Waals surface area contributed by atoms with Gasteiger partial charge in [-0.05, 0) is 23.2 Å². The van der Waals surface area contributed by atoms with E-state index in [0.717, 1.165) is 5.39 Å². The predicted octanol–water partition coefficient (Wildman–Crippen LogP) is 2.53. The van der Waals surface area contributed by atoms with Crippen LogP contribution in [0.15, 0.2) is 16.7 Å². The van der Waals surface area contributed by atoms with Gasteiger partial charge in [0.25, 0.3) is 0 Å². The van der Waals surface area contributed by atoms with E-state index in [-0.39, 0.29) is 10.5 Å². The minimum absolute atomic E-state index is 0.156. The number of rotatable bonds is 0. The topological polar surface area (TPSA) is 38.9 Å². The molecule has 0 atom stereocenters. The third-order valence-electron chi connectivity index (χ3n) is 1.21. The molecular formula is C6H2Cl2N2O. The lowest BCUT2D eigenvalue weighted by atomic mass is 10.4. The molecule has 5 heteroatoms. The van der Waals surface area contributed by atoms with Crippen LogP contribution in [-0.2, 0) is 0 Å². The Kier molecular flexibility index (Phi) is 1.47. The largest absolute Gasteiger partial charge is 0.426 e. The number of fused-ring (bicyclic) bond motifs is 1. The van der Waals surface area contributed by atoms with E-state index >= 15 is 0 Å². The average molecular weight is 189 g/mol. The molecule has 3 nitrogen and oxygen atoms in total. The average Bonchev–Trinajstić information content (AvgIpc) is 2.27. The van der Waals surface area contributed by atoms with Crippen LogP contribution in [0.3, 0.4) is 0 Å². The van der Waals surface area contributed by atoms with Gasteiger partial charge in [-0.2, -0.15) is 4.98 Å². The lowest BCUT2D eigenvalue weighted by molar-refractivity contribution is 0.604. The Hall–Kier alpha value is -0.800. The molecule has 0 saturated heterocycles. The fourth-order valence-electron chi connectivity index (χ4n) is 0.780. The summed E-state index contributed by atoms with van der Waals surface area (Å²) in [6, 6.07) is 1.63. The van der Waals surface area contributed by atoms with E-state index in [0.29, 0.717) is 5.71 Å². The first-order chi connectivity index (χ1) is 5.25. The predicted molar refractivity (Wildman–Crippen MR) is 41.8 cm³/mol. The third-order valence-corrected chi connectivity index (χ3v) is 1.58. The van der Waals surface area contributed by atoms with Gasteiger partial charge in [0.1, 0.15) is 0 Å². The van der Waals surface area contributed by atoms with Crippen LogP contribution >= 0.6 is 23.2 Å². The van der Waals surface area contributed by atoms with Crippen molar-refractivity contribution in [3.8, 4) is 0 Å². The van der Waals surface area contributed by atoms with Crippen molar-refractivity contribution in [1.82, 2.24) is 9.97 Å². The van der Waals surface area contributed by atoms with Crippen LogP contribution < -0.4 is 0 Å². The molecular weight excluding hydrogens is 187 g/mol. The zero-order valence-corrected chi connectivity index (χ0v) is 6.73. The molecule has 0 bridgehead atoms. The maximum absolute atomic E-state index is 5.56. The van der Waals surface area contributed by atoms with E-state index in [1.54, 1.807) is 12.3 Å². The summed E-state index contributed by atoms with van der Waals surface area (Å²) in [5.41, 5.74) is 0.412. The number of hydrogen-bond donors (Lipinski definition) is 0. The highest BCUT2D eigenvalue weighted by Crippen LogP contribution is 2.20. The molecule has 2 aromatic rings. The van der Waals surface area contributed by atoms with Gasteiger partial charge in [0, 0.05) is 12.3 Å². The van der Waals surface area contributed by atoms with Crippen molar-refractivity contribution in [1.29, 1.82) is 0 Å². The smallest absolute Gasteiger partial charge is 0.232 e. The zero-order chi connectivity index (χ0) is 7.84. The quantitative estimate of drug-likeness (QED) is 0.597. The number of aromatic nitrogens is 2. The Labute approximate surface area is 72.0 Å². The first-order valence-electron chi connectivity index (χ1n) is 2.83. The summed E-state index contributed by atoms with van der Waals surface area (Å²) in [5.74, 6) is 0. The highest BCUT2D eigenvalue weighted by molar-refractivity contribution is 6.30. The van der Waals surface area contributed by atoms with Crippen LogP contribution in [0.4, 0.5) is 0 Å². The Morgan fingerprint density at radius 2 is 2.18 bits per heavy atom. The summed E-state index contributed by atoms with van der Waals surface area (Å²) in [6.07, 6.45) is 1.56. The molecule has 0 amide bonds. The van der Waals surface area contributed by atoms with Gasteiger partial charge in [0.15, 0.2) is 5.22 Å². The first-order valence-corrected chi connectivity index (χ1v) is 3.59.